The van der Waals surface area contributed by atoms with Crippen LogP contribution in [0.2, 0.25) is 0 Å². The summed E-state index contributed by atoms with van der Waals surface area (Å²) in [6, 6.07) is 16.7. The summed E-state index contributed by atoms with van der Waals surface area (Å²) >= 11 is 0. The van der Waals surface area contributed by atoms with Crippen LogP contribution in [0.4, 0.5) is 0 Å². The van der Waals surface area contributed by atoms with E-state index in [-0.39, 0.29) is 5.91 Å². The van der Waals surface area contributed by atoms with Crippen LogP contribution in [0.25, 0.3) is 0 Å². The molecule has 21 heavy (non-hydrogen) atoms. The van der Waals surface area contributed by atoms with Crippen molar-refractivity contribution in [2.45, 2.75) is 13.0 Å². The lowest BCUT2D eigenvalue weighted by Gasteiger charge is -2.06. The second-order valence-corrected chi connectivity index (χ2v) is 4.73. The van der Waals surface area contributed by atoms with Gasteiger partial charge < -0.3 is 11.1 Å². The number of hydrogen-bond acceptors (Lipinski definition) is 3. The Morgan fingerprint density at radius 1 is 1.05 bits per heavy atom. The fourth-order valence-electron chi connectivity index (χ4n) is 1.97. The molecule has 0 unspecified atom stereocenters. The van der Waals surface area contributed by atoms with Crippen molar-refractivity contribution in [1.82, 2.24) is 5.32 Å². The lowest BCUT2D eigenvalue weighted by molar-refractivity contribution is 0.0951. The van der Waals surface area contributed by atoms with Crippen molar-refractivity contribution >= 4 is 5.91 Å². The number of rotatable bonds is 5. The summed E-state index contributed by atoms with van der Waals surface area (Å²) in [6.07, 6.45) is 0.813. The zero-order valence-corrected chi connectivity index (χ0v) is 11.7. The van der Waals surface area contributed by atoms with E-state index in [1.807, 2.05) is 24.3 Å². The zero-order valence-electron chi connectivity index (χ0n) is 11.7. The summed E-state index contributed by atoms with van der Waals surface area (Å²) in [7, 11) is 0. The molecule has 0 atom stereocenters. The molecule has 1 amide bonds. The first kappa shape index (κ1) is 14.8. The number of nitrogens with two attached hydrogens (primary N) is 1. The molecule has 0 heterocycles. The summed E-state index contributed by atoms with van der Waals surface area (Å²) in [5, 5.41) is 11.6. The van der Waals surface area contributed by atoms with Crippen LogP contribution in [0.5, 0.6) is 0 Å². The van der Waals surface area contributed by atoms with E-state index >= 15 is 0 Å². The van der Waals surface area contributed by atoms with Crippen LogP contribution < -0.4 is 11.1 Å². The number of nitrogens with zero attached hydrogens (tertiary/aromatic N) is 1. The van der Waals surface area contributed by atoms with Gasteiger partial charge in [0.05, 0.1) is 11.6 Å². The molecule has 0 radical (unpaired) electrons. The van der Waals surface area contributed by atoms with Gasteiger partial charge in [0, 0.05) is 12.1 Å². The number of nitriles is 1. The molecule has 2 rings (SSSR count). The van der Waals surface area contributed by atoms with Gasteiger partial charge in [0.1, 0.15) is 0 Å². The van der Waals surface area contributed by atoms with E-state index in [0.717, 1.165) is 17.5 Å². The van der Waals surface area contributed by atoms with Crippen LogP contribution in [0.15, 0.2) is 48.5 Å². The predicted octanol–water partition coefficient (Wildman–Crippen LogP) is 1.99. The monoisotopic (exact) mass is 279 g/mol. The van der Waals surface area contributed by atoms with Gasteiger partial charge in [0.2, 0.25) is 0 Å². The molecular formula is C17H17N3O. The number of hydrogen-bond donors (Lipinski definition) is 2. The van der Waals surface area contributed by atoms with Crippen LogP contribution in [0.1, 0.15) is 27.0 Å². The van der Waals surface area contributed by atoms with Crippen molar-refractivity contribution < 1.29 is 4.79 Å². The first-order valence-corrected chi connectivity index (χ1v) is 6.79. The predicted molar refractivity (Wildman–Crippen MR) is 81.5 cm³/mol. The minimum absolute atomic E-state index is 0.112. The summed E-state index contributed by atoms with van der Waals surface area (Å²) in [6.45, 7) is 1.04. The highest BCUT2D eigenvalue weighted by Gasteiger charge is 2.05. The van der Waals surface area contributed by atoms with Crippen molar-refractivity contribution in [1.29, 1.82) is 5.26 Å². The molecule has 0 spiro atoms. The fourth-order valence-corrected chi connectivity index (χ4v) is 1.97. The van der Waals surface area contributed by atoms with Gasteiger partial charge in [-0.05, 0) is 48.4 Å². The van der Waals surface area contributed by atoms with Crippen LogP contribution >= 0.6 is 0 Å². The summed E-state index contributed by atoms with van der Waals surface area (Å²) < 4.78 is 0. The van der Waals surface area contributed by atoms with Gasteiger partial charge in [-0.1, -0.05) is 24.3 Å². The molecule has 0 aromatic heterocycles. The molecule has 2 aromatic carbocycles. The van der Waals surface area contributed by atoms with Gasteiger partial charge in [0.25, 0.3) is 5.91 Å². The van der Waals surface area contributed by atoms with E-state index in [0.29, 0.717) is 24.2 Å². The molecule has 0 fully saturated rings. The standard InChI is InChI=1S/C17H17N3O/c18-10-9-13-5-7-16(8-6-13)17(21)20-12-15-3-1-14(11-19)2-4-15/h1-8H,9-10,12,18H2,(H,20,21). The Morgan fingerprint density at radius 3 is 2.24 bits per heavy atom. The van der Waals surface area contributed by atoms with Gasteiger partial charge >= 0.3 is 0 Å². The third-order valence-electron chi connectivity index (χ3n) is 3.19. The Kier molecular flexibility index (Phi) is 5.08. The topological polar surface area (TPSA) is 78.9 Å². The maximum atomic E-state index is 12.0. The van der Waals surface area contributed by atoms with Crippen LogP contribution in [-0.2, 0) is 13.0 Å². The quantitative estimate of drug-likeness (QED) is 0.878. The molecule has 3 N–H and O–H groups in total. The van der Waals surface area contributed by atoms with Crippen LogP contribution in [-0.4, -0.2) is 12.5 Å². The largest absolute Gasteiger partial charge is 0.348 e. The number of benzene rings is 2. The number of nitrogens with one attached hydrogen (secondary N) is 1. The third-order valence-corrected chi connectivity index (χ3v) is 3.19. The minimum Gasteiger partial charge on any atom is -0.348 e. The Balaban J connectivity index is 1.93. The highest BCUT2D eigenvalue weighted by molar-refractivity contribution is 5.94. The normalized spacial score (nSPS) is 9.90. The second kappa shape index (κ2) is 7.22. The lowest BCUT2D eigenvalue weighted by Crippen LogP contribution is -2.22. The molecule has 4 nitrogen and oxygen atoms in total. The maximum Gasteiger partial charge on any atom is 0.251 e. The van der Waals surface area contributed by atoms with Gasteiger partial charge in [-0.25, -0.2) is 0 Å². The fraction of sp³-hybridized carbons (Fsp3) is 0.176. The average Bonchev–Trinajstić information content (AvgIpc) is 2.54. The molecule has 0 saturated heterocycles. The van der Waals surface area contributed by atoms with E-state index in [2.05, 4.69) is 11.4 Å². The van der Waals surface area contributed by atoms with Crippen molar-refractivity contribution in [2.24, 2.45) is 5.73 Å². The molecule has 0 aliphatic heterocycles. The van der Waals surface area contributed by atoms with E-state index in [1.165, 1.54) is 0 Å². The molecule has 0 aliphatic rings. The SMILES string of the molecule is N#Cc1ccc(CNC(=O)c2ccc(CCN)cc2)cc1. The summed E-state index contributed by atoms with van der Waals surface area (Å²) in [5.74, 6) is -0.112. The zero-order chi connectivity index (χ0) is 15.1. The molecule has 106 valence electrons. The smallest absolute Gasteiger partial charge is 0.251 e. The molecule has 0 bridgehead atoms. The Hall–Kier alpha value is -2.64. The maximum absolute atomic E-state index is 12.0. The third kappa shape index (κ3) is 4.16. The van der Waals surface area contributed by atoms with Gasteiger partial charge in [-0.15, -0.1) is 0 Å². The molecule has 0 saturated carbocycles. The Labute approximate surface area is 124 Å². The number of carbonyl (C=O) groups excluding carboxylic acids is 1. The number of carbonyl (C=O) groups is 1. The van der Waals surface area contributed by atoms with Crippen molar-refractivity contribution in [3.63, 3.8) is 0 Å². The Morgan fingerprint density at radius 2 is 1.67 bits per heavy atom. The molecule has 2 aromatic rings. The van der Waals surface area contributed by atoms with E-state index in [9.17, 15) is 4.79 Å². The Bertz CT molecular complexity index is 639. The summed E-state index contributed by atoms with van der Waals surface area (Å²) in [5.41, 5.74) is 8.82. The van der Waals surface area contributed by atoms with Gasteiger partial charge in [-0.3, -0.25) is 4.79 Å². The van der Waals surface area contributed by atoms with Gasteiger partial charge in [-0.2, -0.15) is 5.26 Å². The lowest BCUT2D eigenvalue weighted by atomic mass is 10.1. The summed E-state index contributed by atoms with van der Waals surface area (Å²) in [4.78, 5) is 12.0. The first-order chi connectivity index (χ1) is 10.2. The van der Waals surface area contributed by atoms with E-state index < -0.39 is 0 Å². The van der Waals surface area contributed by atoms with Crippen LogP contribution in [0, 0.1) is 11.3 Å². The van der Waals surface area contributed by atoms with Crippen LogP contribution in [0.3, 0.4) is 0 Å². The highest BCUT2D eigenvalue weighted by atomic mass is 16.1. The second-order valence-electron chi connectivity index (χ2n) is 4.73. The first-order valence-electron chi connectivity index (χ1n) is 6.79. The van der Waals surface area contributed by atoms with E-state index in [4.69, 9.17) is 11.0 Å². The minimum atomic E-state index is -0.112. The van der Waals surface area contributed by atoms with E-state index in [1.54, 1.807) is 24.3 Å². The van der Waals surface area contributed by atoms with Crippen molar-refractivity contribution in [3.8, 4) is 6.07 Å². The van der Waals surface area contributed by atoms with Crippen molar-refractivity contribution in [3.05, 3.63) is 70.8 Å². The molecule has 4 heteroatoms. The van der Waals surface area contributed by atoms with Crippen molar-refractivity contribution in [2.75, 3.05) is 6.54 Å². The molecular weight excluding hydrogens is 262 g/mol. The molecule has 0 aliphatic carbocycles. The number of amides is 1. The van der Waals surface area contributed by atoms with Gasteiger partial charge in [0.15, 0.2) is 0 Å². The highest BCUT2D eigenvalue weighted by Crippen LogP contribution is 2.06. The average molecular weight is 279 g/mol.